The Balaban J connectivity index is 2.59. The second-order valence-electron chi connectivity index (χ2n) is 11.5. The third-order valence-corrected chi connectivity index (χ3v) is 9.01. The maximum atomic E-state index is 13.0. The standard InChI is InChI=1S/C30H48O4S/c1-18(2)24-16-26(19(3)4)29(27(17-24)20(5)6)23(9)34-30(25-13-11-12-14-28(25)31)21(7)15-22(8)35(10,32)33/h15-20,22-23,25,30H,11-14H2,1-10H3/b21-15-/t22-,23+,25-,30-/m1/s1. The molecule has 1 aromatic rings. The van der Waals surface area contributed by atoms with Gasteiger partial charge in [-0.2, -0.15) is 0 Å². The van der Waals surface area contributed by atoms with Crippen LogP contribution >= 0.6 is 0 Å². The lowest BCUT2D eigenvalue weighted by Crippen LogP contribution is -2.35. The van der Waals surface area contributed by atoms with Gasteiger partial charge in [-0.05, 0) is 79.2 Å². The molecule has 198 valence electrons. The Morgan fingerprint density at radius 2 is 1.49 bits per heavy atom. The molecule has 35 heavy (non-hydrogen) atoms. The van der Waals surface area contributed by atoms with E-state index in [0.29, 0.717) is 24.2 Å². The quantitative estimate of drug-likeness (QED) is 0.307. The fourth-order valence-electron chi connectivity index (χ4n) is 5.21. The van der Waals surface area contributed by atoms with Crippen molar-refractivity contribution in [3.8, 4) is 0 Å². The third kappa shape index (κ3) is 7.52. The monoisotopic (exact) mass is 504 g/mol. The van der Waals surface area contributed by atoms with E-state index in [2.05, 4.69) is 60.6 Å². The highest BCUT2D eigenvalue weighted by Crippen LogP contribution is 2.39. The first-order valence-corrected chi connectivity index (χ1v) is 15.3. The maximum Gasteiger partial charge on any atom is 0.153 e. The third-order valence-electron chi connectivity index (χ3n) is 7.52. The van der Waals surface area contributed by atoms with Crippen molar-refractivity contribution in [1.29, 1.82) is 0 Å². The van der Waals surface area contributed by atoms with Gasteiger partial charge in [0.05, 0.1) is 17.5 Å². The zero-order chi connectivity index (χ0) is 26.7. The molecule has 0 saturated heterocycles. The number of Topliss-reactive ketones (excluding diaryl/α,β-unsaturated/α-hetero) is 1. The van der Waals surface area contributed by atoms with E-state index >= 15 is 0 Å². The normalized spacial score (nSPS) is 20.5. The van der Waals surface area contributed by atoms with Crippen LogP contribution in [0.15, 0.2) is 23.8 Å². The van der Waals surface area contributed by atoms with Crippen molar-refractivity contribution in [1.82, 2.24) is 0 Å². The van der Waals surface area contributed by atoms with Crippen LogP contribution in [0.5, 0.6) is 0 Å². The van der Waals surface area contributed by atoms with Crippen LogP contribution < -0.4 is 0 Å². The molecule has 0 unspecified atom stereocenters. The Morgan fingerprint density at radius 3 is 1.91 bits per heavy atom. The zero-order valence-corrected chi connectivity index (χ0v) is 24.5. The van der Waals surface area contributed by atoms with Crippen molar-refractivity contribution in [3.05, 3.63) is 46.0 Å². The van der Waals surface area contributed by atoms with Crippen LogP contribution in [0.2, 0.25) is 0 Å². The molecule has 4 atom stereocenters. The summed E-state index contributed by atoms with van der Waals surface area (Å²) in [6.07, 6.45) is 5.67. The van der Waals surface area contributed by atoms with Crippen molar-refractivity contribution in [2.24, 2.45) is 5.92 Å². The van der Waals surface area contributed by atoms with Crippen LogP contribution in [0.1, 0.15) is 134 Å². The SMILES string of the molecule is C/C(=C/[C@@H](C)S(C)(=O)=O)[C@@H](O[C@@H](C)c1c(C(C)C)cc(C(C)C)cc1C(C)C)[C@@H]1CCCCC1=O. The lowest BCUT2D eigenvalue weighted by atomic mass is 9.80. The minimum Gasteiger partial charge on any atom is -0.365 e. The molecule has 0 N–H and O–H groups in total. The summed E-state index contributed by atoms with van der Waals surface area (Å²) in [6.45, 7) is 19.1. The fraction of sp³-hybridized carbons (Fsp3) is 0.700. The summed E-state index contributed by atoms with van der Waals surface area (Å²) in [5, 5.41) is -0.620. The number of hydrogen-bond acceptors (Lipinski definition) is 4. The number of rotatable bonds is 10. The molecule has 1 aliphatic carbocycles. The molecule has 4 nitrogen and oxygen atoms in total. The topological polar surface area (TPSA) is 60.4 Å². The van der Waals surface area contributed by atoms with Gasteiger partial charge in [-0.15, -0.1) is 0 Å². The largest absolute Gasteiger partial charge is 0.365 e. The molecular weight excluding hydrogens is 456 g/mol. The van der Waals surface area contributed by atoms with Gasteiger partial charge >= 0.3 is 0 Å². The highest BCUT2D eigenvalue weighted by atomic mass is 32.2. The summed E-state index contributed by atoms with van der Waals surface area (Å²) in [7, 11) is -3.22. The molecule has 5 heteroatoms. The average molecular weight is 505 g/mol. The summed E-state index contributed by atoms with van der Waals surface area (Å²) in [5.74, 6) is 1.11. The molecule has 1 fully saturated rings. The predicted octanol–water partition coefficient (Wildman–Crippen LogP) is 7.64. The summed E-state index contributed by atoms with van der Waals surface area (Å²) in [5.41, 5.74) is 5.99. The molecule has 1 saturated carbocycles. The van der Waals surface area contributed by atoms with E-state index in [1.165, 1.54) is 28.5 Å². The highest BCUT2D eigenvalue weighted by Gasteiger charge is 2.35. The van der Waals surface area contributed by atoms with Crippen LogP contribution in [0.4, 0.5) is 0 Å². The number of ketones is 1. The van der Waals surface area contributed by atoms with Crippen molar-refractivity contribution < 1.29 is 17.9 Å². The summed E-state index contributed by atoms with van der Waals surface area (Å²) >= 11 is 0. The summed E-state index contributed by atoms with van der Waals surface area (Å²) in [6, 6.07) is 4.65. The van der Waals surface area contributed by atoms with Gasteiger partial charge in [-0.25, -0.2) is 8.42 Å². The Morgan fingerprint density at radius 1 is 0.943 bits per heavy atom. The molecule has 1 aliphatic rings. The van der Waals surface area contributed by atoms with Crippen molar-refractivity contribution in [3.63, 3.8) is 0 Å². The smallest absolute Gasteiger partial charge is 0.153 e. The molecule has 0 radical (unpaired) electrons. The zero-order valence-electron chi connectivity index (χ0n) is 23.6. The Hall–Kier alpha value is -1.46. The predicted molar refractivity (Wildman–Crippen MR) is 147 cm³/mol. The van der Waals surface area contributed by atoms with E-state index in [4.69, 9.17) is 4.74 Å². The van der Waals surface area contributed by atoms with Gasteiger partial charge in [0, 0.05) is 18.6 Å². The van der Waals surface area contributed by atoms with Gasteiger partial charge in [-0.3, -0.25) is 4.79 Å². The van der Waals surface area contributed by atoms with E-state index in [0.717, 1.165) is 24.8 Å². The van der Waals surface area contributed by atoms with Gasteiger partial charge in [0.2, 0.25) is 0 Å². The van der Waals surface area contributed by atoms with Gasteiger partial charge in [0.25, 0.3) is 0 Å². The minimum absolute atomic E-state index is 0.220. The fourth-order valence-corrected chi connectivity index (χ4v) is 5.67. The minimum atomic E-state index is -3.22. The Labute approximate surface area is 214 Å². The van der Waals surface area contributed by atoms with Crippen LogP contribution in [-0.4, -0.2) is 31.8 Å². The molecule has 0 heterocycles. The first kappa shape index (κ1) is 29.8. The van der Waals surface area contributed by atoms with E-state index in [1.807, 2.05) is 6.92 Å². The molecule has 0 amide bonds. The molecule has 0 aromatic heterocycles. The molecule has 0 bridgehead atoms. The first-order chi connectivity index (χ1) is 16.1. The number of benzene rings is 1. The van der Waals surface area contributed by atoms with Crippen LogP contribution in [-0.2, 0) is 19.4 Å². The second-order valence-corrected chi connectivity index (χ2v) is 13.9. The maximum absolute atomic E-state index is 13.0. The lowest BCUT2D eigenvalue weighted by molar-refractivity contribution is -0.131. The first-order valence-electron chi connectivity index (χ1n) is 13.4. The lowest BCUT2D eigenvalue weighted by Gasteiger charge is -2.34. The van der Waals surface area contributed by atoms with Crippen molar-refractivity contribution >= 4 is 15.6 Å². The van der Waals surface area contributed by atoms with Gasteiger partial charge < -0.3 is 4.74 Å². The number of carbonyl (C=O) groups is 1. The molecule has 1 aromatic carbocycles. The molecule has 2 rings (SSSR count). The average Bonchev–Trinajstić information content (AvgIpc) is 2.75. The number of sulfone groups is 1. The number of ether oxygens (including phenoxy) is 1. The van der Waals surface area contributed by atoms with Crippen molar-refractivity contribution in [2.45, 2.75) is 123 Å². The van der Waals surface area contributed by atoms with Crippen LogP contribution in [0, 0.1) is 5.92 Å². The van der Waals surface area contributed by atoms with Gasteiger partial charge in [0.1, 0.15) is 5.78 Å². The number of carbonyl (C=O) groups excluding carboxylic acids is 1. The van der Waals surface area contributed by atoms with Gasteiger partial charge in [-0.1, -0.05) is 66.2 Å². The molecule has 0 aliphatic heterocycles. The number of hydrogen-bond donors (Lipinski definition) is 0. The second kappa shape index (κ2) is 12.2. The van der Waals surface area contributed by atoms with Crippen LogP contribution in [0.25, 0.3) is 0 Å². The van der Waals surface area contributed by atoms with Crippen molar-refractivity contribution in [2.75, 3.05) is 6.26 Å². The van der Waals surface area contributed by atoms with Gasteiger partial charge in [0.15, 0.2) is 9.84 Å². The van der Waals surface area contributed by atoms with E-state index < -0.39 is 21.2 Å². The summed E-state index contributed by atoms with van der Waals surface area (Å²) in [4.78, 5) is 13.0. The summed E-state index contributed by atoms with van der Waals surface area (Å²) < 4.78 is 31.1. The van der Waals surface area contributed by atoms with E-state index in [-0.39, 0.29) is 17.8 Å². The Kier molecular flexibility index (Phi) is 10.4. The highest BCUT2D eigenvalue weighted by molar-refractivity contribution is 7.91. The Bertz CT molecular complexity index is 988. The van der Waals surface area contributed by atoms with E-state index in [1.54, 1.807) is 13.0 Å². The van der Waals surface area contributed by atoms with E-state index in [9.17, 15) is 13.2 Å². The molecular formula is C30H48O4S. The van der Waals surface area contributed by atoms with Crippen LogP contribution in [0.3, 0.4) is 0 Å². The molecule has 0 spiro atoms.